The SMILES string of the molecule is CC(Sc1nc(N)cc(N)n1)C(=O)c1ccc(C(C)(C)C)cc1. The first kappa shape index (κ1) is 17.3. The van der Waals surface area contributed by atoms with Crippen molar-refractivity contribution in [3.8, 4) is 0 Å². The van der Waals surface area contributed by atoms with Gasteiger partial charge < -0.3 is 11.5 Å². The molecule has 6 heteroatoms. The molecule has 2 rings (SSSR count). The molecule has 23 heavy (non-hydrogen) atoms. The van der Waals surface area contributed by atoms with Crippen LogP contribution in [0.2, 0.25) is 0 Å². The number of rotatable bonds is 4. The predicted molar refractivity (Wildman–Crippen MR) is 95.6 cm³/mol. The smallest absolute Gasteiger partial charge is 0.192 e. The largest absolute Gasteiger partial charge is 0.383 e. The molecule has 0 aliphatic carbocycles. The van der Waals surface area contributed by atoms with Gasteiger partial charge in [0.2, 0.25) is 0 Å². The van der Waals surface area contributed by atoms with Crippen LogP contribution in [0.3, 0.4) is 0 Å². The van der Waals surface area contributed by atoms with E-state index in [1.165, 1.54) is 23.4 Å². The number of Topliss-reactive ketones (excluding diaryl/α,β-unsaturated/α-hetero) is 1. The van der Waals surface area contributed by atoms with Crippen molar-refractivity contribution >= 4 is 29.2 Å². The van der Waals surface area contributed by atoms with E-state index in [2.05, 4.69) is 30.7 Å². The van der Waals surface area contributed by atoms with E-state index < -0.39 is 0 Å². The summed E-state index contributed by atoms with van der Waals surface area (Å²) in [6, 6.07) is 9.23. The predicted octanol–water partition coefficient (Wildman–Crippen LogP) is 3.30. The van der Waals surface area contributed by atoms with Crippen LogP contribution < -0.4 is 11.5 Å². The second-order valence-corrected chi connectivity index (χ2v) is 7.76. The molecular weight excluding hydrogens is 308 g/mol. The van der Waals surface area contributed by atoms with Gasteiger partial charge in [-0.2, -0.15) is 0 Å². The van der Waals surface area contributed by atoms with Crippen molar-refractivity contribution in [3.63, 3.8) is 0 Å². The van der Waals surface area contributed by atoms with Gasteiger partial charge in [-0.1, -0.05) is 56.8 Å². The zero-order chi connectivity index (χ0) is 17.2. The minimum atomic E-state index is -0.323. The third-order valence-electron chi connectivity index (χ3n) is 3.43. The lowest BCUT2D eigenvalue weighted by Crippen LogP contribution is -2.16. The Labute approximate surface area is 140 Å². The number of hydrogen-bond acceptors (Lipinski definition) is 6. The minimum Gasteiger partial charge on any atom is -0.383 e. The van der Waals surface area contributed by atoms with E-state index in [1.807, 2.05) is 31.2 Å². The Morgan fingerprint density at radius 3 is 2.09 bits per heavy atom. The molecule has 1 aromatic heterocycles. The quantitative estimate of drug-likeness (QED) is 0.507. The zero-order valence-corrected chi connectivity index (χ0v) is 14.6. The van der Waals surface area contributed by atoms with Gasteiger partial charge in [0.05, 0.1) is 5.25 Å². The molecule has 5 nitrogen and oxygen atoms in total. The van der Waals surface area contributed by atoms with Crippen LogP contribution in [0.25, 0.3) is 0 Å². The fourth-order valence-electron chi connectivity index (χ4n) is 2.10. The molecule has 4 N–H and O–H groups in total. The van der Waals surface area contributed by atoms with Gasteiger partial charge in [0.1, 0.15) is 11.6 Å². The van der Waals surface area contributed by atoms with Gasteiger partial charge in [-0.25, -0.2) is 9.97 Å². The van der Waals surface area contributed by atoms with Crippen LogP contribution in [0, 0.1) is 0 Å². The Morgan fingerprint density at radius 2 is 1.61 bits per heavy atom. The van der Waals surface area contributed by atoms with Crippen molar-refractivity contribution in [2.75, 3.05) is 11.5 Å². The summed E-state index contributed by atoms with van der Waals surface area (Å²) in [5.74, 6) is 0.628. The van der Waals surface area contributed by atoms with Crippen LogP contribution in [-0.2, 0) is 5.41 Å². The number of carbonyl (C=O) groups is 1. The highest BCUT2D eigenvalue weighted by molar-refractivity contribution is 8.00. The van der Waals surface area contributed by atoms with Crippen molar-refractivity contribution in [1.29, 1.82) is 0 Å². The number of nitrogen functional groups attached to an aromatic ring is 2. The van der Waals surface area contributed by atoms with Gasteiger partial charge in [0.15, 0.2) is 10.9 Å². The number of anilines is 2. The van der Waals surface area contributed by atoms with E-state index in [-0.39, 0.29) is 16.4 Å². The lowest BCUT2D eigenvalue weighted by molar-refractivity contribution is 0.0994. The number of nitrogens with zero attached hydrogens (tertiary/aromatic N) is 2. The topological polar surface area (TPSA) is 94.9 Å². The molecule has 0 fully saturated rings. The second-order valence-electron chi connectivity index (χ2n) is 6.45. The maximum Gasteiger partial charge on any atom is 0.192 e. The Morgan fingerprint density at radius 1 is 1.09 bits per heavy atom. The van der Waals surface area contributed by atoms with Gasteiger partial charge in [-0.3, -0.25) is 4.79 Å². The van der Waals surface area contributed by atoms with E-state index in [0.717, 1.165) is 0 Å². The van der Waals surface area contributed by atoms with E-state index in [4.69, 9.17) is 11.5 Å². The number of carbonyl (C=O) groups excluding carboxylic acids is 1. The van der Waals surface area contributed by atoms with Crippen molar-refractivity contribution in [3.05, 3.63) is 41.5 Å². The molecule has 0 aliphatic rings. The molecule has 1 atom stereocenters. The molecule has 2 aromatic rings. The Balaban J connectivity index is 2.13. The monoisotopic (exact) mass is 330 g/mol. The molecule has 0 aliphatic heterocycles. The number of nitrogens with two attached hydrogens (primary N) is 2. The summed E-state index contributed by atoms with van der Waals surface area (Å²) in [5, 5.41) is 0.0892. The number of thioether (sulfide) groups is 1. The molecule has 0 bridgehead atoms. The van der Waals surface area contributed by atoms with Crippen LogP contribution >= 0.6 is 11.8 Å². The first-order valence-corrected chi connectivity index (χ1v) is 8.26. The molecule has 0 radical (unpaired) electrons. The first-order chi connectivity index (χ1) is 10.7. The summed E-state index contributed by atoms with van der Waals surface area (Å²) in [6.07, 6.45) is 0. The van der Waals surface area contributed by atoms with Crippen LogP contribution in [0.1, 0.15) is 43.6 Å². The summed E-state index contributed by atoms with van der Waals surface area (Å²) < 4.78 is 0. The van der Waals surface area contributed by atoms with Gasteiger partial charge in [0, 0.05) is 11.6 Å². The molecular formula is C17H22N4OS. The highest BCUT2D eigenvalue weighted by atomic mass is 32.2. The fourth-order valence-corrected chi connectivity index (χ4v) is 2.97. The normalized spacial score (nSPS) is 12.9. The number of ketones is 1. The molecule has 0 amide bonds. The lowest BCUT2D eigenvalue weighted by Gasteiger charge is -2.19. The first-order valence-electron chi connectivity index (χ1n) is 7.38. The number of hydrogen-bond donors (Lipinski definition) is 2. The van der Waals surface area contributed by atoms with E-state index in [0.29, 0.717) is 22.4 Å². The van der Waals surface area contributed by atoms with Crippen LogP contribution in [0.4, 0.5) is 11.6 Å². The van der Waals surface area contributed by atoms with Gasteiger partial charge >= 0.3 is 0 Å². The molecule has 1 aromatic carbocycles. The third-order valence-corrected chi connectivity index (χ3v) is 4.39. The Bertz CT molecular complexity index is 687. The summed E-state index contributed by atoms with van der Waals surface area (Å²) >= 11 is 1.25. The summed E-state index contributed by atoms with van der Waals surface area (Å²) in [4.78, 5) is 20.7. The molecule has 0 saturated heterocycles. The number of aromatic nitrogens is 2. The van der Waals surface area contributed by atoms with E-state index in [9.17, 15) is 4.79 Å². The second kappa shape index (κ2) is 6.58. The summed E-state index contributed by atoms with van der Waals surface area (Å²) in [5.41, 5.74) is 13.2. The standard InChI is InChI=1S/C17H22N4OS/c1-10(23-16-20-13(18)9-14(19)21-16)15(22)11-5-7-12(8-6-11)17(2,3)4/h5-10H,1-4H3,(H4,18,19,20,21). The minimum absolute atomic E-state index is 0.0278. The highest BCUT2D eigenvalue weighted by Gasteiger charge is 2.20. The molecule has 1 heterocycles. The lowest BCUT2D eigenvalue weighted by atomic mass is 9.86. The summed E-state index contributed by atoms with van der Waals surface area (Å²) in [7, 11) is 0. The highest BCUT2D eigenvalue weighted by Crippen LogP contribution is 2.26. The third kappa shape index (κ3) is 4.45. The molecule has 0 saturated carbocycles. The fraction of sp³-hybridized carbons (Fsp3) is 0.353. The summed E-state index contributed by atoms with van der Waals surface area (Å²) in [6.45, 7) is 8.25. The maximum absolute atomic E-state index is 12.5. The van der Waals surface area contributed by atoms with E-state index in [1.54, 1.807) is 0 Å². The Kier molecular flexibility index (Phi) is 4.94. The van der Waals surface area contributed by atoms with Crippen molar-refractivity contribution in [2.45, 2.75) is 43.5 Å². The molecule has 122 valence electrons. The van der Waals surface area contributed by atoms with E-state index >= 15 is 0 Å². The van der Waals surface area contributed by atoms with Crippen LogP contribution in [0.5, 0.6) is 0 Å². The van der Waals surface area contributed by atoms with Gasteiger partial charge in [0.25, 0.3) is 0 Å². The van der Waals surface area contributed by atoms with Gasteiger partial charge in [-0.05, 0) is 17.9 Å². The molecule has 0 spiro atoms. The average Bonchev–Trinajstić information content (AvgIpc) is 2.44. The van der Waals surface area contributed by atoms with Crippen molar-refractivity contribution in [1.82, 2.24) is 9.97 Å². The van der Waals surface area contributed by atoms with Gasteiger partial charge in [-0.15, -0.1) is 0 Å². The average molecular weight is 330 g/mol. The van der Waals surface area contributed by atoms with Crippen molar-refractivity contribution in [2.24, 2.45) is 0 Å². The molecule has 1 unspecified atom stereocenters. The maximum atomic E-state index is 12.5. The van der Waals surface area contributed by atoms with Crippen molar-refractivity contribution < 1.29 is 4.79 Å². The zero-order valence-electron chi connectivity index (χ0n) is 13.8. The van der Waals surface area contributed by atoms with Crippen LogP contribution in [0.15, 0.2) is 35.5 Å². The Hall–Kier alpha value is -2.08. The van der Waals surface area contributed by atoms with Crippen LogP contribution in [-0.4, -0.2) is 21.0 Å². The number of benzene rings is 1.